The van der Waals surface area contributed by atoms with Crippen LogP contribution < -0.4 is 5.73 Å². The fraction of sp³-hybridized carbons (Fsp3) is 0.571. The quantitative estimate of drug-likeness (QED) is 0.853. The van der Waals surface area contributed by atoms with Crippen molar-refractivity contribution < 1.29 is 8.42 Å². The minimum atomic E-state index is -3.01. The lowest BCUT2D eigenvalue weighted by molar-refractivity contribution is 0.558. The molecule has 1 aromatic rings. The van der Waals surface area contributed by atoms with Gasteiger partial charge in [0.2, 0.25) is 0 Å². The first-order chi connectivity index (χ1) is 8.48. The van der Waals surface area contributed by atoms with Crippen molar-refractivity contribution in [1.29, 1.82) is 0 Å². The number of nitrogens with two attached hydrogens (primary N) is 1. The highest BCUT2D eigenvalue weighted by Gasteiger charge is 2.23. The van der Waals surface area contributed by atoms with Gasteiger partial charge in [-0.1, -0.05) is 25.0 Å². The third kappa shape index (κ3) is 3.25. The summed E-state index contributed by atoms with van der Waals surface area (Å²) >= 11 is 0. The molecule has 1 aliphatic rings. The smallest absolute Gasteiger partial charge is 0.154 e. The molecule has 3 nitrogen and oxygen atoms in total. The van der Waals surface area contributed by atoms with E-state index in [9.17, 15) is 8.42 Å². The molecule has 1 fully saturated rings. The van der Waals surface area contributed by atoms with Gasteiger partial charge in [0.1, 0.15) is 0 Å². The van der Waals surface area contributed by atoms with Crippen molar-refractivity contribution in [2.45, 2.75) is 38.4 Å². The molecule has 4 heteroatoms. The van der Waals surface area contributed by atoms with E-state index in [1.54, 1.807) is 0 Å². The zero-order chi connectivity index (χ0) is 13.2. The maximum absolute atomic E-state index is 12.2. The van der Waals surface area contributed by atoms with Crippen LogP contribution >= 0.6 is 0 Å². The zero-order valence-corrected chi connectivity index (χ0v) is 11.7. The van der Waals surface area contributed by atoms with Crippen molar-refractivity contribution in [2.75, 3.05) is 11.5 Å². The SMILES string of the molecule is Cc1c(N)cccc1CS(=O)(=O)CC1CCCC1. The van der Waals surface area contributed by atoms with E-state index in [-0.39, 0.29) is 5.75 Å². The molecule has 1 aliphatic carbocycles. The molecule has 1 saturated carbocycles. The van der Waals surface area contributed by atoms with Gasteiger partial charge in [-0.3, -0.25) is 0 Å². The Kier molecular flexibility index (Phi) is 3.95. The highest BCUT2D eigenvalue weighted by molar-refractivity contribution is 7.90. The summed E-state index contributed by atoms with van der Waals surface area (Å²) in [6, 6.07) is 5.49. The van der Waals surface area contributed by atoms with Gasteiger partial charge in [0.05, 0.1) is 11.5 Å². The molecule has 0 aromatic heterocycles. The Morgan fingerprint density at radius 3 is 2.61 bits per heavy atom. The normalized spacial score (nSPS) is 17.2. The van der Waals surface area contributed by atoms with Crippen LogP contribution in [0.25, 0.3) is 0 Å². The van der Waals surface area contributed by atoms with E-state index in [2.05, 4.69) is 0 Å². The lowest BCUT2D eigenvalue weighted by atomic mass is 10.1. The van der Waals surface area contributed by atoms with Crippen molar-refractivity contribution in [3.05, 3.63) is 29.3 Å². The number of rotatable bonds is 4. The van der Waals surface area contributed by atoms with Gasteiger partial charge in [-0.25, -0.2) is 8.42 Å². The zero-order valence-electron chi connectivity index (χ0n) is 10.9. The van der Waals surface area contributed by atoms with Crippen LogP contribution in [-0.4, -0.2) is 14.2 Å². The minimum Gasteiger partial charge on any atom is -0.399 e. The second kappa shape index (κ2) is 5.31. The van der Waals surface area contributed by atoms with Crippen molar-refractivity contribution in [2.24, 2.45) is 5.92 Å². The van der Waals surface area contributed by atoms with E-state index in [0.29, 0.717) is 17.4 Å². The van der Waals surface area contributed by atoms with Gasteiger partial charge in [-0.05, 0) is 42.9 Å². The number of hydrogen-bond donors (Lipinski definition) is 1. The predicted molar refractivity (Wildman–Crippen MR) is 75.0 cm³/mol. The third-order valence-corrected chi connectivity index (χ3v) is 5.56. The molecule has 18 heavy (non-hydrogen) atoms. The number of sulfone groups is 1. The molecule has 0 heterocycles. The van der Waals surface area contributed by atoms with Crippen molar-refractivity contribution in [1.82, 2.24) is 0 Å². The van der Waals surface area contributed by atoms with E-state index < -0.39 is 9.84 Å². The molecule has 0 radical (unpaired) electrons. The molecule has 0 saturated heterocycles. The second-order valence-corrected chi connectivity index (χ2v) is 7.45. The molecule has 1 aromatic carbocycles. The first-order valence-corrected chi connectivity index (χ1v) is 8.34. The summed E-state index contributed by atoms with van der Waals surface area (Å²) in [5.74, 6) is 0.832. The highest BCUT2D eigenvalue weighted by atomic mass is 32.2. The predicted octanol–water partition coefficient (Wildman–Crippen LogP) is 2.68. The fourth-order valence-corrected chi connectivity index (χ4v) is 4.65. The summed E-state index contributed by atoms with van der Waals surface area (Å²) in [5.41, 5.74) is 8.21. The summed E-state index contributed by atoms with van der Waals surface area (Å²) in [5, 5.41) is 0. The summed E-state index contributed by atoms with van der Waals surface area (Å²) in [6.45, 7) is 1.88. The molecule has 100 valence electrons. The number of nitrogen functional groups attached to an aromatic ring is 1. The van der Waals surface area contributed by atoms with Gasteiger partial charge >= 0.3 is 0 Å². The third-order valence-electron chi connectivity index (χ3n) is 3.83. The Balaban J connectivity index is 2.09. The molecular weight excluding hydrogens is 246 g/mol. The molecule has 2 N–H and O–H groups in total. The van der Waals surface area contributed by atoms with Gasteiger partial charge in [-0.2, -0.15) is 0 Å². The van der Waals surface area contributed by atoms with Crippen LogP contribution in [0.5, 0.6) is 0 Å². The minimum absolute atomic E-state index is 0.125. The average Bonchev–Trinajstić information content (AvgIpc) is 2.76. The molecule has 0 aliphatic heterocycles. The summed E-state index contributed by atoms with van der Waals surface area (Å²) < 4.78 is 24.4. The maximum atomic E-state index is 12.2. The topological polar surface area (TPSA) is 60.2 Å². The lowest BCUT2D eigenvalue weighted by Crippen LogP contribution is -2.16. The summed E-state index contributed by atoms with van der Waals surface area (Å²) in [4.78, 5) is 0. The largest absolute Gasteiger partial charge is 0.399 e. The van der Waals surface area contributed by atoms with Crippen LogP contribution in [0.3, 0.4) is 0 Å². The van der Waals surface area contributed by atoms with Gasteiger partial charge in [-0.15, -0.1) is 0 Å². The molecule has 0 spiro atoms. The molecule has 0 amide bonds. The van der Waals surface area contributed by atoms with E-state index in [1.165, 1.54) is 12.8 Å². The van der Waals surface area contributed by atoms with Crippen LogP contribution in [0, 0.1) is 12.8 Å². The molecule has 2 rings (SSSR count). The van der Waals surface area contributed by atoms with Crippen LogP contribution in [0.1, 0.15) is 36.8 Å². The van der Waals surface area contributed by atoms with E-state index >= 15 is 0 Å². The average molecular weight is 267 g/mol. The lowest BCUT2D eigenvalue weighted by Gasteiger charge is -2.12. The summed E-state index contributed by atoms with van der Waals surface area (Å²) in [7, 11) is -3.01. The van der Waals surface area contributed by atoms with Crippen LogP contribution in [0.15, 0.2) is 18.2 Å². The number of benzene rings is 1. The highest BCUT2D eigenvalue weighted by Crippen LogP contribution is 2.27. The number of anilines is 1. The van der Waals surface area contributed by atoms with Gasteiger partial charge < -0.3 is 5.73 Å². The fourth-order valence-electron chi connectivity index (χ4n) is 2.69. The number of hydrogen-bond acceptors (Lipinski definition) is 3. The Morgan fingerprint density at radius 1 is 1.28 bits per heavy atom. The molecule has 0 unspecified atom stereocenters. The molecular formula is C14H21NO2S. The van der Waals surface area contributed by atoms with Crippen molar-refractivity contribution in [3.8, 4) is 0 Å². The van der Waals surface area contributed by atoms with Gasteiger partial charge in [0.15, 0.2) is 9.84 Å². The maximum Gasteiger partial charge on any atom is 0.154 e. The Bertz CT molecular complexity index is 517. The summed E-state index contributed by atoms with van der Waals surface area (Å²) in [6.07, 6.45) is 4.49. The molecule has 0 atom stereocenters. The Labute approximate surface area is 109 Å². The monoisotopic (exact) mass is 267 g/mol. The molecule has 0 bridgehead atoms. The Hall–Kier alpha value is -1.03. The van der Waals surface area contributed by atoms with Crippen molar-refractivity contribution >= 4 is 15.5 Å². The van der Waals surface area contributed by atoms with E-state index in [0.717, 1.165) is 24.0 Å². The first-order valence-electron chi connectivity index (χ1n) is 6.52. The van der Waals surface area contributed by atoms with Gasteiger partial charge in [0.25, 0.3) is 0 Å². The van der Waals surface area contributed by atoms with E-state index in [4.69, 9.17) is 5.73 Å². The van der Waals surface area contributed by atoms with Crippen molar-refractivity contribution in [3.63, 3.8) is 0 Å². The van der Waals surface area contributed by atoms with Crippen LogP contribution in [0.2, 0.25) is 0 Å². The van der Waals surface area contributed by atoms with Crippen LogP contribution in [0.4, 0.5) is 5.69 Å². The first kappa shape index (κ1) is 13.4. The van der Waals surface area contributed by atoms with Crippen LogP contribution in [-0.2, 0) is 15.6 Å². The Morgan fingerprint density at radius 2 is 1.94 bits per heavy atom. The van der Waals surface area contributed by atoms with Gasteiger partial charge in [0, 0.05) is 5.69 Å². The standard InChI is InChI=1S/C14H21NO2S/c1-11-13(7-4-8-14(11)15)10-18(16,17)9-12-5-2-3-6-12/h4,7-8,12H,2-3,5-6,9-10,15H2,1H3. The second-order valence-electron chi connectivity index (χ2n) is 5.34. The van der Waals surface area contributed by atoms with E-state index in [1.807, 2.05) is 25.1 Å².